The maximum absolute atomic E-state index is 5.37. The molecule has 122 valence electrons. The molecule has 0 saturated carbocycles. The first-order chi connectivity index (χ1) is 11.1. The lowest BCUT2D eigenvalue weighted by Gasteiger charge is -2.26. The van der Waals surface area contributed by atoms with Crippen LogP contribution in [0.3, 0.4) is 0 Å². The molecule has 3 rings (SSSR count). The van der Waals surface area contributed by atoms with Crippen molar-refractivity contribution in [2.75, 3.05) is 36.5 Å². The molecule has 2 heterocycles. The predicted octanol–water partition coefficient (Wildman–Crippen LogP) is 2.88. The second-order valence-corrected chi connectivity index (χ2v) is 6.06. The number of anilines is 3. The summed E-state index contributed by atoms with van der Waals surface area (Å²) in [5.41, 5.74) is 3.58. The fourth-order valence-electron chi connectivity index (χ4n) is 2.72. The van der Waals surface area contributed by atoms with Crippen LogP contribution in [0.1, 0.15) is 30.9 Å². The van der Waals surface area contributed by atoms with E-state index >= 15 is 0 Å². The monoisotopic (exact) mass is 313 g/mol. The summed E-state index contributed by atoms with van der Waals surface area (Å²) in [5.74, 6) is 1.81. The van der Waals surface area contributed by atoms with E-state index in [9.17, 15) is 0 Å². The standard InChI is InChI=1S/C17H23N5O/c1-12(2)14-6-4-5-13(3)16(14)19-15-11-18-21-17(20-15)22-7-9-23-10-8-22/h4-6,11-12H,7-10H2,1-3H3,(H,19,20,21). The molecule has 6 nitrogen and oxygen atoms in total. The van der Waals surface area contributed by atoms with Gasteiger partial charge in [0.2, 0.25) is 5.95 Å². The number of nitrogens with one attached hydrogen (secondary N) is 1. The van der Waals surface area contributed by atoms with E-state index in [1.54, 1.807) is 6.20 Å². The number of para-hydroxylation sites is 1. The van der Waals surface area contributed by atoms with Gasteiger partial charge in [-0.3, -0.25) is 0 Å². The fraction of sp³-hybridized carbons (Fsp3) is 0.471. The minimum atomic E-state index is 0.436. The lowest BCUT2D eigenvalue weighted by molar-refractivity contribution is 0.122. The van der Waals surface area contributed by atoms with Crippen molar-refractivity contribution >= 4 is 17.5 Å². The quantitative estimate of drug-likeness (QED) is 0.936. The molecular weight excluding hydrogens is 290 g/mol. The van der Waals surface area contributed by atoms with Gasteiger partial charge in [0.25, 0.3) is 0 Å². The van der Waals surface area contributed by atoms with Crippen LogP contribution in [0.2, 0.25) is 0 Å². The van der Waals surface area contributed by atoms with Crippen LogP contribution in [0.15, 0.2) is 24.4 Å². The molecule has 1 aromatic heterocycles. The number of hydrogen-bond acceptors (Lipinski definition) is 6. The Labute approximate surface area is 136 Å². The minimum Gasteiger partial charge on any atom is -0.378 e. The van der Waals surface area contributed by atoms with Crippen LogP contribution in [0.5, 0.6) is 0 Å². The Morgan fingerprint density at radius 2 is 2.00 bits per heavy atom. The lowest BCUT2D eigenvalue weighted by Crippen LogP contribution is -2.37. The second-order valence-electron chi connectivity index (χ2n) is 6.06. The summed E-state index contributed by atoms with van der Waals surface area (Å²) in [6.45, 7) is 9.49. The van der Waals surface area contributed by atoms with Crippen molar-refractivity contribution in [2.24, 2.45) is 0 Å². The molecule has 23 heavy (non-hydrogen) atoms. The minimum absolute atomic E-state index is 0.436. The molecular formula is C17H23N5O. The molecule has 1 N–H and O–H groups in total. The van der Waals surface area contributed by atoms with Crippen LogP contribution in [-0.2, 0) is 4.74 Å². The molecule has 0 atom stereocenters. The van der Waals surface area contributed by atoms with E-state index in [2.05, 4.69) is 64.4 Å². The number of aryl methyl sites for hydroxylation is 1. The van der Waals surface area contributed by atoms with Crippen molar-refractivity contribution < 1.29 is 4.74 Å². The van der Waals surface area contributed by atoms with Gasteiger partial charge in [0.1, 0.15) is 0 Å². The van der Waals surface area contributed by atoms with Crippen LogP contribution in [0.4, 0.5) is 17.5 Å². The summed E-state index contributed by atoms with van der Waals surface area (Å²) in [4.78, 5) is 6.72. The third-order valence-electron chi connectivity index (χ3n) is 4.02. The smallest absolute Gasteiger partial charge is 0.247 e. The van der Waals surface area contributed by atoms with Gasteiger partial charge in [-0.25, -0.2) is 0 Å². The molecule has 0 unspecified atom stereocenters. The number of nitrogens with zero attached hydrogens (tertiary/aromatic N) is 4. The summed E-state index contributed by atoms with van der Waals surface area (Å²) >= 11 is 0. The first kappa shape index (κ1) is 15.7. The van der Waals surface area contributed by atoms with Gasteiger partial charge in [0.15, 0.2) is 5.82 Å². The molecule has 0 aliphatic carbocycles. The van der Waals surface area contributed by atoms with E-state index in [0.29, 0.717) is 25.1 Å². The maximum Gasteiger partial charge on any atom is 0.247 e. The summed E-state index contributed by atoms with van der Waals surface area (Å²) in [6, 6.07) is 6.34. The van der Waals surface area contributed by atoms with Crippen molar-refractivity contribution in [1.29, 1.82) is 0 Å². The zero-order valence-corrected chi connectivity index (χ0v) is 13.9. The van der Waals surface area contributed by atoms with E-state index in [-0.39, 0.29) is 0 Å². The molecule has 0 bridgehead atoms. The first-order valence-electron chi connectivity index (χ1n) is 8.04. The van der Waals surface area contributed by atoms with E-state index in [1.165, 1.54) is 11.1 Å². The molecule has 1 aliphatic heterocycles. The highest BCUT2D eigenvalue weighted by atomic mass is 16.5. The second kappa shape index (κ2) is 6.91. The fourth-order valence-corrected chi connectivity index (χ4v) is 2.72. The number of rotatable bonds is 4. The summed E-state index contributed by atoms with van der Waals surface area (Å²) in [7, 11) is 0. The van der Waals surface area contributed by atoms with Crippen LogP contribution in [0, 0.1) is 6.92 Å². The highest BCUT2D eigenvalue weighted by Gasteiger charge is 2.15. The van der Waals surface area contributed by atoms with Gasteiger partial charge in [-0.2, -0.15) is 10.1 Å². The SMILES string of the molecule is Cc1cccc(C(C)C)c1Nc1cnnc(N2CCOCC2)n1. The normalized spacial score (nSPS) is 15.0. The molecule has 6 heteroatoms. The average Bonchev–Trinajstić information content (AvgIpc) is 2.57. The van der Waals surface area contributed by atoms with Crippen molar-refractivity contribution in [1.82, 2.24) is 15.2 Å². The summed E-state index contributed by atoms with van der Waals surface area (Å²) in [6.07, 6.45) is 1.67. The average molecular weight is 313 g/mol. The van der Waals surface area contributed by atoms with Crippen LogP contribution >= 0.6 is 0 Å². The molecule has 1 fully saturated rings. The van der Waals surface area contributed by atoms with E-state index in [0.717, 1.165) is 24.6 Å². The van der Waals surface area contributed by atoms with Gasteiger partial charge in [-0.15, -0.1) is 5.10 Å². The molecule has 0 spiro atoms. The highest BCUT2D eigenvalue weighted by Crippen LogP contribution is 2.29. The van der Waals surface area contributed by atoms with Crippen LogP contribution in [0.25, 0.3) is 0 Å². The number of hydrogen-bond donors (Lipinski definition) is 1. The maximum atomic E-state index is 5.37. The molecule has 1 saturated heterocycles. The van der Waals surface area contributed by atoms with E-state index in [1.807, 2.05) is 0 Å². The predicted molar refractivity (Wildman–Crippen MR) is 91.4 cm³/mol. The Morgan fingerprint density at radius 3 is 2.74 bits per heavy atom. The summed E-state index contributed by atoms with van der Waals surface area (Å²) in [5, 5.41) is 11.7. The number of ether oxygens (including phenoxy) is 1. The van der Waals surface area contributed by atoms with E-state index < -0.39 is 0 Å². The molecule has 1 aromatic carbocycles. The Hall–Kier alpha value is -2.21. The third-order valence-corrected chi connectivity index (χ3v) is 4.02. The van der Waals surface area contributed by atoms with Gasteiger partial charge in [-0.05, 0) is 24.0 Å². The van der Waals surface area contributed by atoms with Gasteiger partial charge < -0.3 is 15.0 Å². The third kappa shape index (κ3) is 3.59. The van der Waals surface area contributed by atoms with Gasteiger partial charge in [0.05, 0.1) is 19.4 Å². The Kier molecular flexibility index (Phi) is 4.71. The highest BCUT2D eigenvalue weighted by molar-refractivity contribution is 5.65. The first-order valence-corrected chi connectivity index (χ1v) is 8.04. The van der Waals surface area contributed by atoms with Crippen LogP contribution < -0.4 is 10.2 Å². The zero-order chi connectivity index (χ0) is 16.2. The Bertz CT molecular complexity index is 668. The van der Waals surface area contributed by atoms with Crippen molar-refractivity contribution in [3.63, 3.8) is 0 Å². The van der Waals surface area contributed by atoms with Crippen molar-refractivity contribution in [3.05, 3.63) is 35.5 Å². The van der Waals surface area contributed by atoms with E-state index in [4.69, 9.17) is 4.74 Å². The number of benzene rings is 1. The van der Waals surface area contributed by atoms with Crippen molar-refractivity contribution in [3.8, 4) is 0 Å². The number of morpholine rings is 1. The molecule has 0 amide bonds. The number of aromatic nitrogens is 3. The van der Waals surface area contributed by atoms with Gasteiger partial charge >= 0.3 is 0 Å². The Morgan fingerprint density at radius 1 is 1.22 bits per heavy atom. The molecule has 2 aromatic rings. The van der Waals surface area contributed by atoms with Crippen molar-refractivity contribution in [2.45, 2.75) is 26.7 Å². The molecule has 0 radical (unpaired) electrons. The van der Waals surface area contributed by atoms with Gasteiger partial charge in [-0.1, -0.05) is 32.0 Å². The Balaban J connectivity index is 1.86. The summed E-state index contributed by atoms with van der Waals surface area (Å²) < 4.78 is 5.37. The molecule has 1 aliphatic rings. The topological polar surface area (TPSA) is 63.2 Å². The lowest BCUT2D eigenvalue weighted by atomic mass is 9.98. The van der Waals surface area contributed by atoms with Crippen LogP contribution in [-0.4, -0.2) is 41.5 Å². The zero-order valence-electron chi connectivity index (χ0n) is 13.9. The largest absolute Gasteiger partial charge is 0.378 e. The van der Waals surface area contributed by atoms with Gasteiger partial charge in [0, 0.05) is 18.8 Å².